The van der Waals surface area contributed by atoms with Crippen molar-refractivity contribution >= 4 is 28.9 Å². The van der Waals surface area contributed by atoms with Crippen LogP contribution in [0.4, 0.5) is 5.95 Å². The van der Waals surface area contributed by atoms with E-state index in [1.807, 2.05) is 24.3 Å². The predicted octanol–water partition coefficient (Wildman–Crippen LogP) is 2.85. The number of allylic oxidation sites excluding steroid dienone is 1. The highest BCUT2D eigenvalue weighted by Gasteiger charge is 2.17. The maximum Gasteiger partial charge on any atom is 0.225 e. The Morgan fingerprint density at radius 2 is 2.10 bits per heavy atom. The number of rotatable bonds is 7. The summed E-state index contributed by atoms with van der Waals surface area (Å²) in [6.45, 7) is 0.452. The molecule has 0 unspecified atom stereocenters. The molecule has 3 N–H and O–H groups in total. The highest BCUT2D eigenvalue weighted by Crippen LogP contribution is 2.22. The molecule has 3 aromatic rings. The number of aromatic nitrogens is 5. The Balaban J connectivity index is 1.56. The molecule has 0 amide bonds. The molecule has 1 aliphatic carbocycles. The number of nitrogens with one attached hydrogen (secondary N) is 1. The van der Waals surface area contributed by atoms with E-state index in [1.165, 1.54) is 19.0 Å². The van der Waals surface area contributed by atoms with Gasteiger partial charge in [-0.1, -0.05) is 30.2 Å². The maximum absolute atomic E-state index is 8.60. The summed E-state index contributed by atoms with van der Waals surface area (Å²) in [6, 6.07) is 10.2. The van der Waals surface area contributed by atoms with Crippen molar-refractivity contribution in [3.63, 3.8) is 0 Å². The number of nitrogens with two attached hydrogens (primary N) is 1. The van der Waals surface area contributed by atoms with Gasteiger partial charge in [0, 0.05) is 24.0 Å². The average Bonchev–Trinajstić information content (AvgIpc) is 3.44. The van der Waals surface area contributed by atoms with Crippen molar-refractivity contribution in [2.75, 3.05) is 11.9 Å². The molecular formula is C21H23N9. The molecule has 4 rings (SSSR count). The summed E-state index contributed by atoms with van der Waals surface area (Å²) in [5.74, 6) is 0.608. The van der Waals surface area contributed by atoms with E-state index in [4.69, 9.17) is 11.0 Å². The number of hydrogen-bond acceptors (Lipinski definition) is 8. The van der Waals surface area contributed by atoms with Crippen molar-refractivity contribution in [3.05, 3.63) is 42.2 Å². The molecule has 152 valence electrons. The highest BCUT2D eigenvalue weighted by molar-refractivity contribution is 6.09. The second kappa shape index (κ2) is 9.13. The van der Waals surface area contributed by atoms with Crippen LogP contribution in [0.15, 0.2) is 41.7 Å². The fraction of sp³-hybridized carbons (Fsp3) is 0.333. The Morgan fingerprint density at radius 1 is 1.30 bits per heavy atom. The van der Waals surface area contributed by atoms with Gasteiger partial charge in [-0.25, -0.2) is 4.98 Å². The fourth-order valence-corrected chi connectivity index (χ4v) is 3.51. The third kappa shape index (κ3) is 4.27. The summed E-state index contributed by atoms with van der Waals surface area (Å²) in [5, 5.41) is 20.4. The van der Waals surface area contributed by atoms with Gasteiger partial charge in [-0.3, -0.25) is 4.99 Å². The Labute approximate surface area is 174 Å². The molecule has 0 saturated heterocycles. The van der Waals surface area contributed by atoms with Gasteiger partial charge in [-0.05, 0) is 30.5 Å². The Kier molecular flexibility index (Phi) is 5.94. The van der Waals surface area contributed by atoms with Crippen molar-refractivity contribution in [3.8, 4) is 11.8 Å². The zero-order valence-corrected chi connectivity index (χ0v) is 16.6. The molecule has 1 fully saturated rings. The monoisotopic (exact) mass is 401 g/mol. The van der Waals surface area contributed by atoms with Gasteiger partial charge in [0.2, 0.25) is 5.95 Å². The first-order valence-corrected chi connectivity index (χ1v) is 10.0. The zero-order valence-electron chi connectivity index (χ0n) is 16.6. The van der Waals surface area contributed by atoms with Gasteiger partial charge in [0.25, 0.3) is 0 Å². The SMILES string of the molecule is N#CCCN=CC(=CN)c1ccc(-n2nnc3cnc(NC4CCCC4)nc32)cc1. The van der Waals surface area contributed by atoms with Crippen LogP contribution in [0.5, 0.6) is 0 Å². The van der Waals surface area contributed by atoms with Gasteiger partial charge in [0.15, 0.2) is 11.2 Å². The lowest BCUT2D eigenvalue weighted by atomic mass is 10.1. The van der Waals surface area contributed by atoms with Gasteiger partial charge in [-0.2, -0.15) is 14.9 Å². The van der Waals surface area contributed by atoms with Crippen molar-refractivity contribution in [2.45, 2.75) is 38.1 Å². The second-order valence-electron chi connectivity index (χ2n) is 7.14. The largest absolute Gasteiger partial charge is 0.404 e. The molecule has 0 bridgehead atoms. The number of nitrogens with zero attached hydrogens (tertiary/aromatic N) is 7. The molecule has 0 aliphatic heterocycles. The van der Waals surface area contributed by atoms with E-state index in [0.717, 1.165) is 29.7 Å². The summed E-state index contributed by atoms with van der Waals surface area (Å²) in [7, 11) is 0. The molecule has 9 heteroatoms. The van der Waals surface area contributed by atoms with Gasteiger partial charge < -0.3 is 11.1 Å². The molecule has 1 saturated carbocycles. The molecule has 0 atom stereocenters. The van der Waals surface area contributed by atoms with Crippen LogP contribution in [0, 0.1) is 11.3 Å². The van der Waals surface area contributed by atoms with Crippen LogP contribution in [0.3, 0.4) is 0 Å². The first-order chi connectivity index (χ1) is 14.8. The normalized spacial score (nSPS) is 15.1. The minimum Gasteiger partial charge on any atom is -0.404 e. The molecule has 2 heterocycles. The van der Waals surface area contributed by atoms with E-state index < -0.39 is 0 Å². The van der Waals surface area contributed by atoms with Gasteiger partial charge in [0.05, 0.1) is 30.9 Å². The maximum atomic E-state index is 8.60. The molecule has 1 aliphatic rings. The van der Waals surface area contributed by atoms with E-state index >= 15 is 0 Å². The molecule has 1 aromatic carbocycles. The number of hydrogen-bond donors (Lipinski definition) is 2. The van der Waals surface area contributed by atoms with Crippen molar-refractivity contribution < 1.29 is 0 Å². The summed E-state index contributed by atoms with van der Waals surface area (Å²) >= 11 is 0. The molecule has 0 spiro atoms. The third-order valence-corrected chi connectivity index (χ3v) is 5.09. The van der Waals surface area contributed by atoms with Crippen LogP contribution >= 0.6 is 0 Å². The van der Waals surface area contributed by atoms with E-state index in [-0.39, 0.29) is 0 Å². The standard InChI is InChI=1S/C21H23N9/c22-10-3-11-24-13-16(12-23)15-6-8-18(9-7-15)30-20-19(28-29-30)14-25-21(27-20)26-17-4-1-2-5-17/h6-9,12-14,17H,1-5,11,23H2,(H,25,26,27). The number of benzene rings is 1. The lowest BCUT2D eigenvalue weighted by Crippen LogP contribution is -2.16. The van der Waals surface area contributed by atoms with Gasteiger partial charge in [-0.15, -0.1) is 5.10 Å². The van der Waals surface area contributed by atoms with Crippen LogP contribution in [0.25, 0.3) is 22.4 Å². The van der Waals surface area contributed by atoms with Crippen molar-refractivity contribution in [1.29, 1.82) is 5.26 Å². The summed E-state index contributed by atoms with van der Waals surface area (Å²) in [5.41, 5.74) is 9.58. The number of aliphatic imine (C=N–C) groups is 1. The Hall–Kier alpha value is -3.80. The van der Waals surface area contributed by atoms with Crippen molar-refractivity contribution in [2.24, 2.45) is 10.7 Å². The fourth-order valence-electron chi connectivity index (χ4n) is 3.51. The lowest BCUT2D eigenvalue weighted by molar-refractivity contribution is 0.744. The van der Waals surface area contributed by atoms with Gasteiger partial charge >= 0.3 is 0 Å². The highest BCUT2D eigenvalue weighted by atomic mass is 15.4. The molecule has 2 aromatic heterocycles. The van der Waals surface area contributed by atoms with Crippen molar-refractivity contribution in [1.82, 2.24) is 25.0 Å². The van der Waals surface area contributed by atoms with Crippen LogP contribution in [0.2, 0.25) is 0 Å². The topological polar surface area (TPSA) is 131 Å². The third-order valence-electron chi connectivity index (χ3n) is 5.09. The van der Waals surface area contributed by atoms with Crippen LogP contribution in [0.1, 0.15) is 37.7 Å². The van der Waals surface area contributed by atoms with E-state index in [2.05, 4.69) is 36.7 Å². The second-order valence-corrected chi connectivity index (χ2v) is 7.14. The summed E-state index contributed by atoms with van der Waals surface area (Å²) < 4.78 is 1.70. The minimum absolute atomic E-state index is 0.381. The number of nitriles is 1. The average molecular weight is 401 g/mol. The Morgan fingerprint density at radius 3 is 2.83 bits per heavy atom. The molecule has 9 nitrogen and oxygen atoms in total. The van der Waals surface area contributed by atoms with Crippen LogP contribution in [-0.4, -0.2) is 43.8 Å². The van der Waals surface area contributed by atoms with E-state index in [1.54, 1.807) is 17.1 Å². The Bertz CT molecular complexity index is 1100. The summed E-state index contributed by atoms with van der Waals surface area (Å²) in [6.07, 6.45) is 10.1. The molecular weight excluding hydrogens is 378 g/mol. The van der Waals surface area contributed by atoms with Gasteiger partial charge in [0.1, 0.15) is 0 Å². The molecule has 0 radical (unpaired) electrons. The van der Waals surface area contributed by atoms with Crippen LogP contribution < -0.4 is 11.1 Å². The lowest BCUT2D eigenvalue weighted by Gasteiger charge is -2.11. The smallest absolute Gasteiger partial charge is 0.225 e. The minimum atomic E-state index is 0.381. The predicted molar refractivity (Wildman–Crippen MR) is 116 cm³/mol. The quantitative estimate of drug-likeness (QED) is 0.460. The van der Waals surface area contributed by atoms with E-state index in [9.17, 15) is 0 Å². The first-order valence-electron chi connectivity index (χ1n) is 10.0. The summed E-state index contributed by atoms with van der Waals surface area (Å²) in [4.78, 5) is 13.2. The molecule has 30 heavy (non-hydrogen) atoms. The number of anilines is 1. The first kappa shape index (κ1) is 19.5. The van der Waals surface area contributed by atoms with Crippen LogP contribution in [-0.2, 0) is 0 Å². The van der Waals surface area contributed by atoms with E-state index in [0.29, 0.717) is 36.1 Å². The zero-order chi connectivity index (χ0) is 20.8. The number of fused-ring (bicyclic) bond motifs is 1.